The number of amides is 1. The molecule has 0 aliphatic carbocycles. The number of benzene rings is 1. The van der Waals surface area contributed by atoms with Crippen molar-refractivity contribution in [1.29, 1.82) is 0 Å². The van der Waals surface area contributed by atoms with E-state index in [-0.39, 0.29) is 5.91 Å². The summed E-state index contributed by atoms with van der Waals surface area (Å²) in [6, 6.07) is 10.2. The summed E-state index contributed by atoms with van der Waals surface area (Å²) in [5.74, 6) is 0.171. The number of piperidine rings is 1. The van der Waals surface area contributed by atoms with Crippen LogP contribution in [0.5, 0.6) is 0 Å². The van der Waals surface area contributed by atoms with Crippen LogP contribution in [0, 0.1) is 0 Å². The summed E-state index contributed by atoms with van der Waals surface area (Å²) in [7, 11) is 0. The van der Waals surface area contributed by atoms with Gasteiger partial charge in [0.15, 0.2) is 0 Å². The van der Waals surface area contributed by atoms with Crippen LogP contribution in [0.15, 0.2) is 30.3 Å². The molecule has 1 aliphatic heterocycles. The van der Waals surface area contributed by atoms with Crippen LogP contribution in [0.1, 0.15) is 19.8 Å². The second-order valence-electron chi connectivity index (χ2n) is 5.09. The zero-order chi connectivity index (χ0) is 13.7. The van der Waals surface area contributed by atoms with Crippen molar-refractivity contribution in [1.82, 2.24) is 4.90 Å². The lowest BCUT2D eigenvalue weighted by atomic mass is 10.1. The number of rotatable bonds is 4. The summed E-state index contributed by atoms with van der Waals surface area (Å²) in [5.41, 5.74) is 6.86. The molecule has 0 saturated carbocycles. The maximum atomic E-state index is 12.4. The normalized spacial score (nSPS) is 17.4. The van der Waals surface area contributed by atoms with Gasteiger partial charge in [0.2, 0.25) is 5.91 Å². The maximum absolute atomic E-state index is 12.4. The Hall–Kier alpha value is -1.39. The van der Waals surface area contributed by atoms with E-state index in [1.54, 1.807) is 0 Å². The smallest absolute Gasteiger partial charge is 0.241 e. The van der Waals surface area contributed by atoms with Gasteiger partial charge in [0, 0.05) is 31.4 Å². The summed E-state index contributed by atoms with van der Waals surface area (Å²) >= 11 is 0. The molecule has 4 heteroatoms. The Morgan fingerprint density at radius 1 is 1.32 bits per heavy atom. The van der Waals surface area contributed by atoms with Crippen molar-refractivity contribution < 1.29 is 4.79 Å². The number of likely N-dealkylation sites (tertiary alicyclic amines) is 1. The minimum absolute atomic E-state index is 0.171. The number of nitrogens with zero attached hydrogens (tertiary/aromatic N) is 2. The number of likely N-dealkylation sites (N-methyl/N-ethyl adjacent to an activating group) is 1. The highest BCUT2D eigenvalue weighted by atomic mass is 16.2. The zero-order valence-electron chi connectivity index (χ0n) is 11.6. The van der Waals surface area contributed by atoms with Crippen molar-refractivity contribution in [3.8, 4) is 0 Å². The minimum Gasteiger partial charge on any atom is -0.328 e. The van der Waals surface area contributed by atoms with Crippen molar-refractivity contribution in [3.05, 3.63) is 30.3 Å². The van der Waals surface area contributed by atoms with Gasteiger partial charge in [-0.1, -0.05) is 18.2 Å². The molecule has 1 saturated heterocycles. The third-order valence-corrected chi connectivity index (χ3v) is 3.68. The molecule has 1 aliphatic rings. The number of para-hydroxylation sites is 1. The van der Waals surface area contributed by atoms with Gasteiger partial charge in [0.05, 0.1) is 6.54 Å². The summed E-state index contributed by atoms with van der Waals surface area (Å²) < 4.78 is 0. The first-order valence-corrected chi connectivity index (χ1v) is 7.04. The number of anilines is 1. The van der Waals surface area contributed by atoms with Crippen molar-refractivity contribution in [2.45, 2.75) is 25.8 Å². The molecule has 1 fully saturated rings. The molecule has 19 heavy (non-hydrogen) atoms. The van der Waals surface area contributed by atoms with Gasteiger partial charge in [-0.3, -0.25) is 9.69 Å². The van der Waals surface area contributed by atoms with Crippen LogP contribution < -0.4 is 10.6 Å². The molecule has 0 unspecified atom stereocenters. The average Bonchev–Trinajstić information content (AvgIpc) is 2.43. The summed E-state index contributed by atoms with van der Waals surface area (Å²) in [5, 5.41) is 0. The molecular formula is C15H23N3O. The van der Waals surface area contributed by atoms with Gasteiger partial charge in [-0.25, -0.2) is 0 Å². The molecule has 1 amide bonds. The highest BCUT2D eigenvalue weighted by Crippen LogP contribution is 2.14. The van der Waals surface area contributed by atoms with E-state index < -0.39 is 0 Å². The Labute approximate surface area is 115 Å². The van der Waals surface area contributed by atoms with Crippen LogP contribution >= 0.6 is 0 Å². The highest BCUT2D eigenvalue weighted by Gasteiger charge is 2.21. The van der Waals surface area contributed by atoms with Crippen molar-refractivity contribution in [3.63, 3.8) is 0 Å². The minimum atomic E-state index is 0.171. The van der Waals surface area contributed by atoms with Gasteiger partial charge < -0.3 is 10.6 Å². The molecular weight excluding hydrogens is 238 g/mol. The van der Waals surface area contributed by atoms with Crippen molar-refractivity contribution in [2.75, 3.05) is 31.1 Å². The largest absolute Gasteiger partial charge is 0.328 e. The lowest BCUT2D eigenvalue weighted by Gasteiger charge is -2.31. The van der Waals surface area contributed by atoms with Crippen LogP contribution in [0.2, 0.25) is 0 Å². The van der Waals surface area contributed by atoms with E-state index in [0.717, 1.165) is 31.6 Å². The van der Waals surface area contributed by atoms with Crippen LogP contribution in [0.3, 0.4) is 0 Å². The Balaban J connectivity index is 1.94. The molecule has 1 aromatic carbocycles. The maximum Gasteiger partial charge on any atom is 0.241 e. The van der Waals surface area contributed by atoms with Crippen LogP contribution in [0.25, 0.3) is 0 Å². The van der Waals surface area contributed by atoms with Crippen LogP contribution in [-0.2, 0) is 4.79 Å². The quantitative estimate of drug-likeness (QED) is 0.892. The summed E-state index contributed by atoms with van der Waals surface area (Å²) in [6.07, 6.45) is 1.98. The van der Waals surface area contributed by atoms with Crippen molar-refractivity contribution in [2.24, 2.45) is 5.73 Å². The Bertz CT molecular complexity index is 399. The second kappa shape index (κ2) is 6.68. The predicted octanol–water partition coefficient (Wildman–Crippen LogP) is 1.46. The molecule has 2 N–H and O–H groups in total. The van der Waals surface area contributed by atoms with E-state index >= 15 is 0 Å². The van der Waals surface area contributed by atoms with Gasteiger partial charge in [-0.15, -0.1) is 0 Å². The fourth-order valence-electron chi connectivity index (χ4n) is 2.50. The number of carbonyl (C=O) groups excluding carboxylic acids is 1. The van der Waals surface area contributed by atoms with Gasteiger partial charge in [-0.05, 0) is 31.9 Å². The fourth-order valence-corrected chi connectivity index (χ4v) is 2.50. The average molecular weight is 261 g/mol. The molecule has 0 bridgehead atoms. The van der Waals surface area contributed by atoms with Gasteiger partial charge in [0.25, 0.3) is 0 Å². The van der Waals surface area contributed by atoms with E-state index in [4.69, 9.17) is 5.73 Å². The molecule has 0 spiro atoms. The van der Waals surface area contributed by atoms with Gasteiger partial charge in [0.1, 0.15) is 0 Å². The van der Waals surface area contributed by atoms with E-state index in [0.29, 0.717) is 19.1 Å². The Kier molecular flexibility index (Phi) is 4.93. The van der Waals surface area contributed by atoms with Gasteiger partial charge >= 0.3 is 0 Å². The van der Waals surface area contributed by atoms with E-state index in [1.165, 1.54) is 0 Å². The van der Waals surface area contributed by atoms with Gasteiger partial charge in [-0.2, -0.15) is 0 Å². The first-order valence-electron chi connectivity index (χ1n) is 7.04. The number of carbonyl (C=O) groups is 1. The monoisotopic (exact) mass is 261 g/mol. The SMILES string of the molecule is CCN(C(=O)CN1CCC(N)CC1)c1ccccc1. The molecule has 2 rings (SSSR count). The number of hydrogen-bond acceptors (Lipinski definition) is 3. The molecule has 1 aromatic rings. The Morgan fingerprint density at radius 3 is 2.53 bits per heavy atom. The van der Waals surface area contributed by atoms with Crippen LogP contribution in [0.4, 0.5) is 5.69 Å². The Morgan fingerprint density at radius 2 is 1.95 bits per heavy atom. The summed E-state index contributed by atoms with van der Waals surface area (Å²) in [4.78, 5) is 16.4. The molecule has 0 radical (unpaired) electrons. The second-order valence-corrected chi connectivity index (χ2v) is 5.09. The topological polar surface area (TPSA) is 49.6 Å². The first kappa shape index (κ1) is 14.0. The third kappa shape index (κ3) is 3.78. The molecule has 104 valence electrons. The van der Waals surface area contributed by atoms with E-state index in [1.807, 2.05) is 42.2 Å². The third-order valence-electron chi connectivity index (χ3n) is 3.68. The summed E-state index contributed by atoms with van der Waals surface area (Å²) in [6.45, 7) is 5.07. The molecule has 4 nitrogen and oxygen atoms in total. The lowest BCUT2D eigenvalue weighted by Crippen LogP contribution is -2.45. The predicted molar refractivity (Wildman–Crippen MR) is 78.1 cm³/mol. The lowest BCUT2D eigenvalue weighted by molar-refractivity contribution is -0.120. The molecule has 0 aromatic heterocycles. The van der Waals surface area contributed by atoms with E-state index in [9.17, 15) is 4.79 Å². The fraction of sp³-hybridized carbons (Fsp3) is 0.533. The zero-order valence-corrected chi connectivity index (χ0v) is 11.6. The standard InChI is InChI=1S/C15H23N3O/c1-2-18(14-6-4-3-5-7-14)15(19)12-17-10-8-13(16)9-11-17/h3-7,13H,2,8-12,16H2,1H3. The van der Waals surface area contributed by atoms with Crippen molar-refractivity contribution >= 4 is 11.6 Å². The molecule has 0 atom stereocenters. The first-order chi connectivity index (χ1) is 9.20. The van der Waals surface area contributed by atoms with Crippen LogP contribution in [-0.4, -0.2) is 43.0 Å². The number of hydrogen-bond donors (Lipinski definition) is 1. The molecule has 1 heterocycles. The van der Waals surface area contributed by atoms with E-state index in [2.05, 4.69) is 4.90 Å². The number of nitrogens with two attached hydrogens (primary N) is 1. The highest BCUT2D eigenvalue weighted by molar-refractivity contribution is 5.94.